The monoisotopic (exact) mass is 246 g/mol. The first kappa shape index (κ1) is 16.1. The summed E-state index contributed by atoms with van der Waals surface area (Å²) in [7, 11) is 1.63. The normalized spacial score (nSPS) is 14.1. The summed E-state index contributed by atoms with van der Waals surface area (Å²) in [6, 6.07) is 0. The van der Waals surface area contributed by atoms with Crippen molar-refractivity contribution in [2.24, 2.45) is 0 Å². The van der Waals surface area contributed by atoms with Gasteiger partial charge in [-0.15, -0.1) is 0 Å². The molecule has 0 rings (SSSR count). The van der Waals surface area contributed by atoms with E-state index in [0.29, 0.717) is 19.8 Å². The van der Waals surface area contributed by atoms with Gasteiger partial charge in [-0.05, 0) is 13.8 Å². The lowest BCUT2D eigenvalue weighted by atomic mass is 10.4. The molecule has 0 aliphatic heterocycles. The summed E-state index contributed by atoms with van der Waals surface area (Å²) >= 11 is 0. The van der Waals surface area contributed by atoms with E-state index in [0.717, 1.165) is 6.08 Å². The minimum Gasteiger partial charge on any atom is -0.460 e. The summed E-state index contributed by atoms with van der Waals surface area (Å²) in [5.41, 5.74) is 0. The van der Waals surface area contributed by atoms with Crippen LogP contribution in [0.1, 0.15) is 13.8 Å². The molecule has 0 aliphatic carbocycles. The van der Waals surface area contributed by atoms with E-state index in [1.807, 2.05) is 13.8 Å². The summed E-state index contributed by atoms with van der Waals surface area (Å²) in [5, 5.41) is 0. The van der Waals surface area contributed by atoms with Crippen LogP contribution in [-0.4, -0.2) is 51.7 Å². The lowest BCUT2D eigenvalue weighted by Crippen LogP contribution is -2.24. The third-order valence-corrected chi connectivity index (χ3v) is 1.91. The highest BCUT2D eigenvalue weighted by Gasteiger charge is 2.07. The molecule has 0 aromatic heterocycles. The number of methoxy groups -OCH3 is 1. The minimum atomic E-state index is -0.439. The molecule has 0 aromatic rings. The van der Waals surface area contributed by atoms with Crippen LogP contribution in [0.15, 0.2) is 12.7 Å². The quantitative estimate of drug-likeness (QED) is 0.329. The van der Waals surface area contributed by atoms with Crippen molar-refractivity contribution in [3.05, 3.63) is 12.7 Å². The van der Waals surface area contributed by atoms with Crippen molar-refractivity contribution in [1.29, 1.82) is 0 Å². The second-order valence-electron chi connectivity index (χ2n) is 3.65. The fourth-order valence-corrected chi connectivity index (χ4v) is 1.08. The van der Waals surface area contributed by atoms with Crippen LogP contribution in [0.5, 0.6) is 0 Å². The van der Waals surface area contributed by atoms with Crippen LogP contribution in [0, 0.1) is 0 Å². The van der Waals surface area contributed by atoms with E-state index in [-0.39, 0.29) is 18.8 Å². The van der Waals surface area contributed by atoms with Crippen LogP contribution in [0.3, 0.4) is 0 Å². The number of carbonyl (C=O) groups excluding carboxylic acids is 1. The van der Waals surface area contributed by atoms with Crippen molar-refractivity contribution in [2.45, 2.75) is 26.1 Å². The maximum absolute atomic E-state index is 10.7. The smallest absolute Gasteiger partial charge is 0.330 e. The number of ether oxygens (including phenoxy) is 4. The molecule has 0 N–H and O–H groups in total. The molecule has 0 saturated heterocycles. The SMILES string of the molecule is C=CC(=O)OCCOC(C)COC(C)COC. The molecule has 0 bridgehead atoms. The third-order valence-electron chi connectivity index (χ3n) is 1.91. The number of hydrogen-bond donors (Lipinski definition) is 0. The molecule has 0 amide bonds. The lowest BCUT2D eigenvalue weighted by Gasteiger charge is -2.17. The van der Waals surface area contributed by atoms with E-state index >= 15 is 0 Å². The highest BCUT2D eigenvalue weighted by molar-refractivity contribution is 5.81. The van der Waals surface area contributed by atoms with Crippen molar-refractivity contribution >= 4 is 5.97 Å². The number of rotatable bonds is 10. The Hall–Kier alpha value is -0.910. The van der Waals surface area contributed by atoms with Gasteiger partial charge in [0.15, 0.2) is 0 Å². The Balaban J connectivity index is 3.43. The molecule has 5 heteroatoms. The predicted octanol–water partition coefficient (Wildman–Crippen LogP) is 1.17. The summed E-state index contributed by atoms with van der Waals surface area (Å²) in [5.74, 6) is -0.439. The fraction of sp³-hybridized carbons (Fsp3) is 0.750. The largest absolute Gasteiger partial charge is 0.460 e. The van der Waals surface area contributed by atoms with Gasteiger partial charge in [-0.25, -0.2) is 4.79 Å². The average molecular weight is 246 g/mol. The fourth-order valence-electron chi connectivity index (χ4n) is 1.08. The molecule has 0 spiro atoms. The van der Waals surface area contributed by atoms with Crippen molar-refractivity contribution in [3.63, 3.8) is 0 Å². The second-order valence-corrected chi connectivity index (χ2v) is 3.65. The molecule has 0 radical (unpaired) electrons. The molecule has 0 fully saturated rings. The molecule has 0 heterocycles. The van der Waals surface area contributed by atoms with Crippen LogP contribution in [0.4, 0.5) is 0 Å². The van der Waals surface area contributed by atoms with Crippen LogP contribution >= 0.6 is 0 Å². The Morgan fingerprint density at radius 1 is 1.18 bits per heavy atom. The maximum atomic E-state index is 10.7. The summed E-state index contributed by atoms with van der Waals surface area (Å²) in [6.07, 6.45) is 1.13. The van der Waals surface area contributed by atoms with Crippen LogP contribution in [-0.2, 0) is 23.7 Å². The van der Waals surface area contributed by atoms with Gasteiger partial charge in [-0.3, -0.25) is 0 Å². The summed E-state index contributed by atoms with van der Waals surface area (Å²) in [6.45, 7) is 8.74. The Morgan fingerprint density at radius 2 is 1.82 bits per heavy atom. The first-order chi connectivity index (χ1) is 8.10. The van der Waals surface area contributed by atoms with E-state index in [1.54, 1.807) is 7.11 Å². The van der Waals surface area contributed by atoms with Gasteiger partial charge in [0.1, 0.15) is 6.61 Å². The molecule has 0 aromatic carbocycles. The Labute approximate surface area is 103 Å². The molecular weight excluding hydrogens is 224 g/mol. The minimum absolute atomic E-state index is 0.0447. The number of esters is 1. The van der Waals surface area contributed by atoms with Gasteiger partial charge in [-0.1, -0.05) is 6.58 Å². The van der Waals surface area contributed by atoms with Gasteiger partial charge in [0.25, 0.3) is 0 Å². The third kappa shape index (κ3) is 9.99. The highest BCUT2D eigenvalue weighted by atomic mass is 16.6. The first-order valence-electron chi connectivity index (χ1n) is 5.61. The van der Waals surface area contributed by atoms with Crippen LogP contribution in [0.2, 0.25) is 0 Å². The van der Waals surface area contributed by atoms with Crippen LogP contribution < -0.4 is 0 Å². The zero-order chi connectivity index (χ0) is 13.1. The Kier molecular flexibility index (Phi) is 9.71. The first-order valence-corrected chi connectivity index (χ1v) is 5.61. The van der Waals surface area contributed by atoms with Crippen molar-refractivity contribution in [2.75, 3.05) is 33.5 Å². The summed E-state index contributed by atoms with van der Waals surface area (Å²) in [4.78, 5) is 10.7. The van der Waals surface area contributed by atoms with E-state index in [4.69, 9.17) is 18.9 Å². The zero-order valence-corrected chi connectivity index (χ0v) is 10.8. The Morgan fingerprint density at radius 3 is 2.41 bits per heavy atom. The molecule has 2 unspecified atom stereocenters. The molecule has 17 heavy (non-hydrogen) atoms. The predicted molar refractivity (Wildman–Crippen MR) is 63.9 cm³/mol. The average Bonchev–Trinajstić information content (AvgIpc) is 2.32. The number of carbonyl (C=O) groups is 1. The van der Waals surface area contributed by atoms with E-state index < -0.39 is 5.97 Å². The van der Waals surface area contributed by atoms with Gasteiger partial charge in [0, 0.05) is 13.2 Å². The van der Waals surface area contributed by atoms with Crippen molar-refractivity contribution in [3.8, 4) is 0 Å². The van der Waals surface area contributed by atoms with Crippen molar-refractivity contribution in [1.82, 2.24) is 0 Å². The van der Waals surface area contributed by atoms with E-state index in [2.05, 4.69) is 6.58 Å². The Bertz CT molecular complexity index is 217. The number of hydrogen-bond acceptors (Lipinski definition) is 5. The van der Waals surface area contributed by atoms with Gasteiger partial charge in [-0.2, -0.15) is 0 Å². The molecule has 0 saturated carbocycles. The van der Waals surface area contributed by atoms with E-state index in [9.17, 15) is 4.79 Å². The van der Waals surface area contributed by atoms with Gasteiger partial charge >= 0.3 is 5.97 Å². The van der Waals surface area contributed by atoms with Crippen LogP contribution in [0.25, 0.3) is 0 Å². The van der Waals surface area contributed by atoms with Gasteiger partial charge < -0.3 is 18.9 Å². The molecule has 0 aliphatic rings. The molecule has 2 atom stereocenters. The maximum Gasteiger partial charge on any atom is 0.330 e. The van der Waals surface area contributed by atoms with Gasteiger partial charge in [0.2, 0.25) is 0 Å². The van der Waals surface area contributed by atoms with E-state index in [1.165, 1.54) is 0 Å². The summed E-state index contributed by atoms with van der Waals surface area (Å²) < 4.78 is 20.6. The standard InChI is InChI=1S/C12H22O5/c1-5-12(13)16-7-6-15-11(3)9-17-10(2)8-14-4/h5,10-11H,1,6-9H2,2-4H3. The lowest BCUT2D eigenvalue weighted by molar-refractivity contribution is -0.140. The molecule has 5 nitrogen and oxygen atoms in total. The molecular formula is C12H22O5. The van der Waals surface area contributed by atoms with Gasteiger partial charge in [0.05, 0.1) is 32.0 Å². The highest BCUT2D eigenvalue weighted by Crippen LogP contribution is 1.97. The molecule has 100 valence electrons. The zero-order valence-electron chi connectivity index (χ0n) is 10.8. The van der Waals surface area contributed by atoms with Crippen molar-refractivity contribution < 1.29 is 23.7 Å². The topological polar surface area (TPSA) is 54.0 Å². The second kappa shape index (κ2) is 10.3.